The van der Waals surface area contributed by atoms with Gasteiger partial charge in [0, 0.05) is 13.0 Å². The summed E-state index contributed by atoms with van der Waals surface area (Å²) in [5, 5.41) is 0. The molecule has 0 aromatic heterocycles. The summed E-state index contributed by atoms with van der Waals surface area (Å²) in [5.74, 6) is -0.339. The molecule has 0 rings (SSSR count). The van der Waals surface area contributed by atoms with Crippen molar-refractivity contribution < 1.29 is 37.3 Å². The van der Waals surface area contributed by atoms with Crippen LogP contribution in [-0.2, 0) is 27.9 Å². The van der Waals surface area contributed by atoms with E-state index in [1.54, 1.807) is 0 Å². The number of phosphoric acid groups is 1. The Balaban J connectivity index is 3.91. The lowest BCUT2D eigenvalue weighted by Gasteiger charge is -2.28. The van der Waals surface area contributed by atoms with Gasteiger partial charge in [0.15, 0.2) is 0 Å². The molecule has 0 aliphatic rings. The molecule has 0 bridgehead atoms. The molecule has 0 saturated heterocycles. The highest BCUT2D eigenvalue weighted by atomic mass is 31.2. The number of likely N-dealkylation sites (N-methyl/N-ethyl adjacent to an activating group) is 1. The number of ether oxygens (including phenoxy) is 2. The van der Waals surface area contributed by atoms with Crippen molar-refractivity contribution in [3.63, 3.8) is 0 Å². The summed E-state index contributed by atoms with van der Waals surface area (Å²) >= 11 is 0. The van der Waals surface area contributed by atoms with Gasteiger partial charge in [-0.15, -0.1) is 0 Å². The minimum absolute atomic E-state index is 0.0306. The van der Waals surface area contributed by atoms with Crippen LogP contribution in [0.2, 0.25) is 0 Å². The maximum absolute atomic E-state index is 12.5. The molecule has 2 unspecified atom stereocenters. The quantitative estimate of drug-likeness (QED) is 0.0266. The summed E-state index contributed by atoms with van der Waals surface area (Å²) in [6.45, 7) is 5.39. The number of rotatable bonds is 41. The van der Waals surface area contributed by atoms with Gasteiger partial charge in [-0.2, -0.15) is 0 Å². The van der Waals surface area contributed by atoms with Crippen molar-refractivity contribution in [2.24, 2.45) is 0 Å². The van der Waals surface area contributed by atoms with E-state index >= 15 is 0 Å². The first-order valence-electron chi connectivity index (χ1n) is 21.8. The van der Waals surface area contributed by atoms with Gasteiger partial charge in [0.05, 0.1) is 34.4 Å². The van der Waals surface area contributed by atoms with Crippen molar-refractivity contribution in [2.75, 3.05) is 54.1 Å². The Labute approximate surface area is 317 Å². The zero-order chi connectivity index (χ0) is 37.7. The average Bonchev–Trinajstić information content (AvgIpc) is 3.08. The molecule has 0 saturated carbocycles. The van der Waals surface area contributed by atoms with Crippen LogP contribution < -0.4 is 4.89 Å². The molecule has 0 spiro atoms. The first-order chi connectivity index (χ1) is 24.6. The molecule has 0 aromatic carbocycles. The fraction of sp³-hybridized carbons (Fsp3) is 0.976. The van der Waals surface area contributed by atoms with E-state index in [0.29, 0.717) is 24.1 Å². The van der Waals surface area contributed by atoms with Crippen LogP contribution in [0.15, 0.2) is 0 Å². The summed E-state index contributed by atoms with van der Waals surface area (Å²) in [6.07, 6.45) is 37.3. The van der Waals surface area contributed by atoms with Gasteiger partial charge in [0.1, 0.15) is 19.3 Å². The first-order valence-corrected chi connectivity index (χ1v) is 23.2. The highest BCUT2D eigenvalue weighted by molar-refractivity contribution is 7.45. The van der Waals surface area contributed by atoms with E-state index in [1.165, 1.54) is 154 Å². The Bertz CT molecular complexity index is 792. The molecule has 0 fully saturated rings. The smallest absolute Gasteiger partial charge is 0.306 e. The lowest BCUT2D eigenvalue weighted by molar-refractivity contribution is -0.870. The van der Waals surface area contributed by atoms with Crippen LogP contribution in [0.5, 0.6) is 0 Å². The SMILES string of the molecule is CCCCCCCCCCCCCCCCCCCCCCCCCOCC(COP(=O)([O-])OCC[N+](C)(C)C)OC(=O)CCCCCCCC. The van der Waals surface area contributed by atoms with E-state index in [-0.39, 0.29) is 25.8 Å². The van der Waals surface area contributed by atoms with E-state index in [0.717, 1.165) is 32.1 Å². The second-order valence-electron chi connectivity index (χ2n) is 16.1. The molecule has 0 N–H and O–H groups in total. The van der Waals surface area contributed by atoms with Crippen LogP contribution >= 0.6 is 7.82 Å². The van der Waals surface area contributed by atoms with E-state index in [1.807, 2.05) is 21.1 Å². The van der Waals surface area contributed by atoms with Crippen LogP contribution in [0.1, 0.15) is 206 Å². The lowest BCUT2D eigenvalue weighted by Crippen LogP contribution is -2.37. The van der Waals surface area contributed by atoms with Gasteiger partial charge in [-0.3, -0.25) is 9.36 Å². The Morgan fingerprint density at radius 3 is 1.29 bits per heavy atom. The summed E-state index contributed by atoms with van der Waals surface area (Å²) < 4.78 is 34.4. The maximum Gasteiger partial charge on any atom is 0.306 e. The minimum Gasteiger partial charge on any atom is -0.756 e. The number of carbonyl (C=O) groups is 1. The first kappa shape index (κ1) is 50.5. The maximum atomic E-state index is 12.5. The number of hydrogen-bond donors (Lipinski definition) is 0. The molecule has 51 heavy (non-hydrogen) atoms. The number of phosphoric ester groups is 1. The fourth-order valence-corrected chi connectivity index (χ4v) is 6.98. The Kier molecular flexibility index (Phi) is 36.1. The van der Waals surface area contributed by atoms with Crippen molar-refractivity contribution in [1.82, 2.24) is 0 Å². The summed E-state index contributed by atoms with van der Waals surface area (Å²) in [5.41, 5.74) is 0. The number of unbranched alkanes of at least 4 members (excludes halogenated alkanes) is 27. The third-order valence-electron chi connectivity index (χ3n) is 9.66. The largest absolute Gasteiger partial charge is 0.756 e. The molecule has 2 atom stereocenters. The Morgan fingerprint density at radius 2 is 0.902 bits per heavy atom. The minimum atomic E-state index is -4.50. The predicted octanol–water partition coefficient (Wildman–Crippen LogP) is 11.9. The van der Waals surface area contributed by atoms with Gasteiger partial charge in [0.2, 0.25) is 0 Å². The number of hydrogen-bond acceptors (Lipinski definition) is 7. The van der Waals surface area contributed by atoms with Crippen molar-refractivity contribution in [1.29, 1.82) is 0 Å². The average molecular weight is 748 g/mol. The van der Waals surface area contributed by atoms with E-state index < -0.39 is 13.9 Å². The number of quaternary nitrogens is 1. The monoisotopic (exact) mass is 748 g/mol. The molecule has 306 valence electrons. The molecule has 0 amide bonds. The highest BCUT2D eigenvalue weighted by Gasteiger charge is 2.20. The van der Waals surface area contributed by atoms with Crippen molar-refractivity contribution >= 4 is 13.8 Å². The molecule has 0 aliphatic carbocycles. The van der Waals surface area contributed by atoms with Crippen molar-refractivity contribution in [2.45, 2.75) is 213 Å². The zero-order valence-corrected chi connectivity index (χ0v) is 35.5. The molecular formula is C42H86NO7P. The van der Waals surface area contributed by atoms with Crippen LogP contribution in [0, 0.1) is 0 Å². The standard InChI is InChI=1S/C42H86NO7P/c1-6-8-10-12-14-15-16-17-18-19-20-21-22-23-24-25-26-27-28-29-30-32-34-37-47-39-41(50-42(44)35-33-31-13-11-9-7-2)40-49-51(45,46)48-38-36-43(3,4)5/h41H,6-40H2,1-5H3. The topological polar surface area (TPSA) is 94.1 Å². The molecule has 0 heterocycles. The van der Waals surface area contributed by atoms with Gasteiger partial charge < -0.3 is 27.9 Å². The van der Waals surface area contributed by atoms with E-state index in [9.17, 15) is 14.3 Å². The summed E-state index contributed by atoms with van der Waals surface area (Å²) in [4.78, 5) is 24.8. The Morgan fingerprint density at radius 1 is 0.529 bits per heavy atom. The predicted molar refractivity (Wildman–Crippen MR) is 213 cm³/mol. The van der Waals surface area contributed by atoms with E-state index in [4.69, 9.17) is 18.5 Å². The van der Waals surface area contributed by atoms with Gasteiger partial charge in [0.25, 0.3) is 7.82 Å². The van der Waals surface area contributed by atoms with Crippen LogP contribution in [0.3, 0.4) is 0 Å². The third kappa shape index (κ3) is 40.5. The molecule has 0 aliphatic heterocycles. The van der Waals surface area contributed by atoms with Gasteiger partial charge in [-0.05, 0) is 12.8 Å². The zero-order valence-electron chi connectivity index (χ0n) is 34.6. The number of carbonyl (C=O) groups excluding carboxylic acids is 1. The van der Waals surface area contributed by atoms with Crippen LogP contribution in [0.25, 0.3) is 0 Å². The summed E-state index contributed by atoms with van der Waals surface area (Å²) in [7, 11) is 1.37. The summed E-state index contributed by atoms with van der Waals surface area (Å²) in [6, 6.07) is 0. The molecule has 0 radical (unpaired) electrons. The highest BCUT2D eigenvalue weighted by Crippen LogP contribution is 2.38. The molecule has 8 nitrogen and oxygen atoms in total. The van der Waals surface area contributed by atoms with Gasteiger partial charge in [-0.25, -0.2) is 0 Å². The second kappa shape index (κ2) is 36.5. The molecular weight excluding hydrogens is 661 g/mol. The van der Waals surface area contributed by atoms with Crippen LogP contribution in [0.4, 0.5) is 0 Å². The number of nitrogens with zero attached hydrogens (tertiary/aromatic N) is 1. The molecule has 9 heteroatoms. The van der Waals surface area contributed by atoms with Crippen molar-refractivity contribution in [3.05, 3.63) is 0 Å². The fourth-order valence-electron chi connectivity index (χ4n) is 6.25. The molecule has 0 aromatic rings. The second-order valence-corrected chi connectivity index (χ2v) is 17.5. The van der Waals surface area contributed by atoms with Crippen LogP contribution in [-0.4, -0.2) is 70.7 Å². The van der Waals surface area contributed by atoms with E-state index in [2.05, 4.69) is 13.8 Å². The number of esters is 1. The van der Waals surface area contributed by atoms with Crippen molar-refractivity contribution in [3.8, 4) is 0 Å². The van der Waals surface area contributed by atoms with Gasteiger partial charge >= 0.3 is 5.97 Å². The lowest BCUT2D eigenvalue weighted by atomic mass is 10.0. The third-order valence-corrected chi connectivity index (χ3v) is 10.6. The van der Waals surface area contributed by atoms with Gasteiger partial charge in [-0.1, -0.05) is 187 Å². The Hall–Kier alpha value is -0.500. The normalized spacial score (nSPS) is 13.8.